The van der Waals surface area contributed by atoms with Crippen LogP contribution in [-0.2, 0) is 10.2 Å². The Hall–Kier alpha value is -2.35. The summed E-state index contributed by atoms with van der Waals surface area (Å²) in [6.45, 7) is 4.46. The molecule has 0 aliphatic carbocycles. The van der Waals surface area contributed by atoms with Crippen molar-refractivity contribution in [2.75, 3.05) is 49.2 Å². The molecule has 2 saturated heterocycles. The summed E-state index contributed by atoms with van der Waals surface area (Å²) < 4.78 is 62.8. The topological polar surface area (TPSA) is 28.6 Å². The van der Waals surface area contributed by atoms with Crippen LogP contribution >= 0.6 is 0 Å². The molecule has 4 nitrogen and oxygen atoms in total. The van der Waals surface area contributed by atoms with Crippen molar-refractivity contribution in [2.45, 2.75) is 31.4 Å². The van der Waals surface area contributed by atoms with Gasteiger partial charge >= 0.3 is 6.18 Å². The summed E-state index contributed by atoms with van der Waals surface area (Å²) in [4.78, 5) is 8.09. The van der Waals surface area contributed by atoms with Gasteiger partial charge in [-0.3, -0.25) is 4.98 Å². The second-order valence-corrected chi connectivity index (χ2v) is 8.46. The number of morpholine rings is 1. The highest BCUT2D eigenvalue weighted by atomic mass is 19.4. The summed E-state index contributed by atoms with van der Waals surface area (Å²) in [6, 6.07) is 9.39. The Kier molecular flexibility index (Phi) is 6.10. The zero-order chi connectivity index (χ0) is 22.1. The molecule has 0 radical (unpaired) electrons. The Balaban J connectivity index is 1.66. The van der Waals surface area contributed by atoms with Crippen LogP contribution in [0.1, 0.15) is 25.5 Å². The van der Waals surface area contributed by atoms with Gasteiger partial charge < -0.3 is 14.5 Å². The number of ether oxygens (including phenoxy) is 1. The summed E-state index contributed by atoms with van der Waals surface area (Å²) in [5.74, 6) is -1.09. The van der Waals surface area contributed by atoms with Crippen molar-refractivity contribution >= 4 is 11.4 Å². The molecule has 2 atom stereocenters. The van der Waals surface area contributed by atoms with Crippen molar-refractivity contribution in [3.8, 4) is 0 Å². The lowest BCUT2D eigenvalue weighted by molar-refractivity contribution is -0.203. The second kappa shape index (κ2) is 8.65. The van der Waals surface area contributed by atoms with Gasteiger partial charge in [0.05, 0.1) is 18.9 Å². The molecule has 168 valence electrons. The van der Waals surface area contributed by atoms with E-state index in [4.69, 9.17) is 4.74 Å². The fraction of sp³-hybridized carbons (Fsp3) is 0.522. The van der Waals surface area contributed by atoms with E-state index >= 15 is 0 Å². The number of hydrogen-bond acceptors (Lipinski definition) is 4. The lowest BCUT2D eigenvalue weighted by Gasteiger charge is -2.45. The molecule has 2 fully saturated rings. The number of anilines is 2. The summed E-state index contributed by atoms with van der Waals surface area (Å²) >= 11 is 0. The van der Waals surface area contributed by atoms with Gasteiger partial charge in [-0.2, -0.15) is 13.2 Å². The maximum absolute atomic E-state index is 14.6. The van der Waals surface area contributed by atoms with Gasteiger partial charge in [-0.1, -0.05) is 6.07 Å². The summed E-state index contributed by atoms with van der Waals surface area (Å²) in [5.41, 5.74) is -0.720. The van der Waals surface area contributed by atoms with Crippen LogP contribution in [0.25, 0.3) is 0 Å². The predicted molar refractivity (Wildman–Crippen MR) is 112 cm³/mol. The quantitative estimate of drug-likeness (QED) is 0.643. The van der Waals surface area contributed by atoms with Crippen molar-refractivity contribution < 1.29 is 22.3 Å². The molecule has 3 heterocycles. The first-order valence-electron chi connectivity index (χ1n) is 10.7. The van der Waals surface area contributed by atoms with Crippen molar-refractivity contribution in [3.63, 3.8) is 0 Å². The first-order valence-corrected chi connectivity index (χ1v) is 10.7. The summed E-state index contributed by atoms with van der Waals surface area (Å²) in [6.07, 6.45) is -1.96. The molecule has 0 bridgehead atoms. The highest BCUT2D eigenvalue weighted by molar-refractivity contribution is 5.50. The van der Waals surface area contributed by atoms with Gasteiger partial charge in [-0.25, -0.2) is 4.39 Å². The maximum Gasteiger partial charge on any atom is 0.400 e. The highest BCUT2D eigenvalue weighted by Gasteiger charge is 2.58. The van der Waals surface area contributed by atoms with E-state index in [0.717, 1.165) is 5.69 Å². The van der Waals surface area contributed by atoms with Crippen LogP contribution in [0.2, 0.25) is 0 Å². The molecule has 2 aromatic rings. The van der Waals surface area contributed by atoms with Crippen LogP contribution in [-0.4, -0.2) is 50.6 Å². The largest absolute Gasteiger partial charge is 0.400 e. The number of aromatic nitrogens is 1. The normalized spacial score (nSPS) is 22.3. The smallest absolute Gasteiger partial charge is 0.378 e. The number of pyridine rings is 1. The minimum Gasteiger partial charge on any atom is -0.378 e. The zero-order valence-corrected chi connectivity index (χ0v) is 17.5. The lowest BCUT2D eigenvalue weighted by atomic mass is 9.70. The van der Waals surface area contributed by atoms with Crippen molar-refractivity contribution in [1.29, 1.82) is 0 Å². The fourth-order valence-electron chi connectivity index (χ4n) is 4.66. The average Bonchev–Trinajstić information content (AvgIpc) is 2.78. The van der Waals surface area contributed by atoms with E-state index in [0.29, 0.717) is 51.4 Å². The van der Waals surface area contributed by atoms with E-state index in [1.807, 2.05) is 9.80 Å². The molecule has 0 spiro atoms. The van der Waals surface area contributed by atoms with Crippen LogP contribution < -0.4 is 9.80 Å². The van der Waals surface area contributed by atoms with Crippen LogP contribution in [0, 0.1) is 11.7 Å². The van der Waals surface area contributed by atoms with Gasteiger partial charge in [0.2, 0.25) is 0 Å². The van der Waals surface area contributed by atoms with E-state index in [2.05, 4.69) is 4.98 Å². The molecule has 0 saturated carbocycles. The number of nitrogens with zero attached hydrogens (tertiary/aromatic N) is 3. The SMILES string of the molecule is CC(c1cc(N2CCOCC2)ccn1)(C1CCCN(c2cccc(F)c2)C1)C(F)(F)F. The van der Waals surface area contributed by atoms with Gasteiger partial charge in [0.1, 0.15) is 11.2 Å². The van der Waals surface area contributed by atoms with Gasteiger partial charge in [0, 0.05) is 43.8 Å². The van der Waals surface area contributed by atoms with E-state index in [1.165, 1.54) is 25.3 Å². The molecule has 8 heteroatoms. The minimum absolute atomic E-state index is 0.0371. The standard InChI is InChI=1S/C23H27F4N3O/c1-22(23(25,26)27,21-15-20(7-8-28-21)29-10-12-31-13-11-29)17-4-3-9-30(16-17)19-6-2-5-18(24)14-19/h2,5-8,14-15,17H,3-4,9-13,16H2,1H3. The van der Waals surface area contributed by atoms with Gasteiger partial charge in [-0.05, 0) is 56.0 Å². The minimum atomic E-state index is -4.47. The van der Waals surface area contributed by atoms with Crippen LogP contribution in [0.15, 0.2) is 42.6 Å². The Morgan fingerprint density at radius 3 is 2.45 bits per heavy atom. The second-order valence-electron chi connectivity index (χ2n) is 8.46. The number of piperidine rings is 1. The maximum atomic E-state index is 14.6. The monoisotopic (exact) mass is 437 g/mol. The van der Waals surface area contributed by atoms with Crippen molar-refractivity contribution in [2.24, 2.45) is 5.92 Å². The molecule has 1 aromatic carbocycles. The van der Waals surface area contributed by atoms with E-state index in [-0.39, 0.29) is 12.2 Å². The molecule has 2 aliphatic heterocycles. The molecule has 2 aliphatic rings. The molecular formula is C23H27F4N3O. The number of hydrogen-bond donors (Lipinski definition) is 0. The molecule has 31 heavy (non-hydrogen) atoms. The molecular weight excluding hydrogens is 410 g/mol. The van der Waals surface area contributed by atoms with Crippen molar-refractivity contribution in [3.05, 3.63) is 54.1 Å². The lowest BCUT2D eigenvalue weighted by Crippen LogP contribution is -2.52. The predicted octanol–water partition coefficient (Wildman–Crippen LogP) is 4.79. The average molecular weight is 437 g/mol. The number of alkyl halides is 3. The first-order chi connectivity index (χ1) is 14.8. The third kappa shape index (κ3) is 4.35. The Bertz CT molecular complexity index is 900. The summed E-state index contributed by atoms with van der Waals surface area (Å²) in [7, 11) is 0. The van der Waals surface area contributed by atoms with E-state index < -0.39 is 23.3 Å². The number of benzene rings is 1. The summed E-state index contributed by atoms with van der Waals surface area (Å²) in [5, 5.41) is 0. The Labute approximate surface area is 179 Å². The molecule has 0 amide bonds. The van der Waals surface area contributed by atoms with E-state index in [9.17, 15) is 17.6 Å². The fourth-order valence-corrected chi connectivity index (χ4v) is 4.66. The highest BCUT2D eigenvalue weighted by Crippen LogP contribution is 2.49. The van der Waals surface area contributed by atoms with Crippen molar-refractivity contribution in [1.82, 2.24) is 4.98 Å². The van der Waals surface area contributed by atoms with Gasteiger partial charge in [0.25, 0.3) is 0 Å². The first kappa shape index (κ1) is 21.9. The van der Waals surface area contributed by atoms with Crippen LogP contribution in [0.3, 0.4) is 0 Å². The molecule has 1 aromatic heterocycles. The number of rotatable bonds is 4. The third-order valence-electron chi connectivity index (χ3n) is 6.65. The third-order valence-corrected chi connectivity index (χ3v) is 6.65. The Morgan fingerprint density at radius 2 is 1.74 bits per heavy atom. The van der Waals surface area contributed by atoms with Gasteiger partial charge in [-0.15, -0.1) is 0 Å². The van der Waals surface area contributed by atoms with E-state index in [1.54, 1.807) is 24.3 Å². The Morgan fingerprint density at radius 1 is 1.00 bits per heavy atom. The molecule has 2 unspecified atom stereocenters. The molecule has 0 N–H and O–H groups in total. The zero-order valence-electron chi connectivity index (χ0n) is 17.5. The van der Waals surface area contributed by atoms with Gasteiger partial charge in [0.15, 0.2) is 0 Å². The van der Waals surface area contributed by atoms with Crippen LogP contribution in [0.5, 0.6) is 0 Å². The number of halogens is 4. The molecule has 4 rings (SSSR count). The van der Waals surface area contributed by atoms with Crippen LogP contribution in [0.4, 0.5) is 28.9 Å².